The Labute approximate surface area is 117 Å². The zero-order chi connectivity index (χ0) is 13.7. The minimum atomic E-state index is 0.320. The Balaban J connectivity index is 1.93. The molecule has 0 aromatic carbocycles. The fourth-order valence-corrected chi connectivity index (χ4v) is 3.02. The van der Waals surface area contributed by atoms with Crippen LogP contribution >= 0.6 is 0 Å². The van der Waals surface area contributed by atoms with E-state index in [2.05, 4.69) is 46.7 Å². The number of nitrogens with zero attached hydrogens (tertiary/aromatic N) is 3. The molecule has 1 N–H and O–H groups in total. The van der Waals surface area contributed by atoms with E-state index >= 15 is 0 Å². The molecule has 0 amide bonds. The predicted octanol–water partition coefficient (Wildman–Crippen LogP) is 2.05. The van der Waals surface area contributed by atoms with Crippen molar-refractivity contribution < 1.29 is 0 Å². The van der Waals surface area contributed by atoms with Gasteiger partial charge < -0.3 is 9.88 Å². The number of nitrogens with one attached hydrogen (secondary N) is 1. The molecule has 4 heteroatoms. The van der Waals surface area contributed by atoms with Gasteiger partial charge in [-0.05, 0) is 39.3 Å². The first kappa shape index (κ1) is 14.5. The van der Waals surface area contributed by atoms with Gasteiger partial charge >= 0.3 is 0 Å². The summed E-state index contributed by atoms with van der Waals surface area (Å²) in [7, 11) is 0. The van der Waals surface area contributed by atoms with E-state index in [9.17, 15) is 0 Å². The van der Waals surface area contributed by atoms with Crippen LogP contribution in [-0.4, -0.2) is 46.2 Å². The lowest BCUT2D eigenvalue weighted by atomic mass is 9.92. The van der Waals surface area contributed by atoms with E-state index in [1.807, 2.05) is 6.20 Å². The van der Waals surface area contributed by atoms with E-state index in [1.165, 1.54) is 32.4 Å². The minimum Gasteiger partial charge on any atom is -0.334 e. The normalized spacial score (nSPS) is 20.4. The van der Waals surface area contributed by atoms with Crippen LogP contribution in [0.3, 0.4) is 0 Å². The van der Waals surface area contributed by atoms with E-state index < -0.39 is 0 Å². The summed E-state index contributed by atoms with van der Waals surface area (Å²) in [6.07, 6.45) is 7.65. The highest BCUT2D eigenvalue weighted by molar-refractivity contribution is 4.92. The average Bonchev–Trinajstić information content (AvgIpc) is 2.73. The van der Waals surface area contributed by atoms with Gasteiger partial charge in [-0.25, -0.2) is 4.98 Å². The maximum absolute atomic E-state index is 4.29. The summed E-state index contributed by atoms with van der Waals surface area (Å²) in [5, 5.41) is 3.77. The number of imidazole rings is 1. The van der Waals surface area contributed by atoms with Crippen LogP contribution in [-0.2, 0) is 6.54 Å². The van der Waals surface area contributed by atoms with Crippen LogP contribution in [0.15, 0.2) is 12.4 Å². The molecular weight excluding hydrogens is 236 g/mol. The van der Waals surface area contributed by atoms with Gasteiger partial charge in [0.15, 0.2) is 0 Å². The predicted molar refractivity (Wildman–Crippen MR) is 79.3 cm³/mol. The standard InChI is InChI=1S/C15H28N4/c1-4-15(5-2)13-18(9-6-7-17-15)11-12-19-10-8-16-14(19)3/h8,10,17H,4-7,9,11-13H2,1-3H3. The molecule has 0 aliphatic carbocycles. The number of aromatic nitrogens is 2. The molecule has 1 aliphatic heterocycles. The van der Waals surface area contributed by atoms with E-state index in [-0.39, 0.29) is 0 Å². The Morgan fingerprint density at radius 1 is 1.32 bits per heavy atom. The Morgan fingerprint density at radius 2 is 2.11 bits per heavy atom. The van der Waals surface area contributed by atoms with Gasteiger partial charge in [-0.1, -0.05) is 13.8 Å². The average molecular weight is 264 g/mol. The monoisotopic (exact) mass is 264 g/mol. The lowest BCUT2D eigenvalue weighted by molar-refractivity contribution is 0.191. The van der Waals surface area contributed by atoms with Crippen LogP contribution in [0.1, 0.15) is 38.9 Å². The van der Waals surface area contributed by atoms with Crippen LogP contribution in [0.25, 0.3) is 0 Å². The first-order valence-electron chi connectivity index (χ1n) is 7.64. The van der Waals surface area contributed by atoms with Crippen molar-refractivity contribution in [2.24, 2.45) is 0 Å². The molecule has 0 radical (unpaired) electrons. The second-order valence-electron chi connectivity index (χ2n) is 5.71. The summed E-state index contributed by atoms with van der Waals surface area (Å²) in [6.45, 7) is 12.4. The van der Waals surface area contributed by atoms with Crippen molar-refractivity contribution in [3.05, 3.63) is 18.2 Å². The molecule has 2 heterocycles. The Bertz CT molecular complexity index is 381. The van der Waals surface area contributed by atoms with Crippen molar-refractivity contribution in [1.29, 1.82) is 0 Å². The molecular formula is C15H28N4. The SMILES string of the molecule is CCC1(CC)CN(CCn2ccnc2C)CCCN1. The Morgan fingerprint density at radius 3 is 2.74 bits per heavy atom. The van der Waals surface area contributed by atoms with Crippen molar-refractivity contribution in [1.82, 2.24) is 19.8 Å². The van der Waals surface area contributed by atoms with E-state index in [0.29, 0.717) is 5.54 Å². The number of aryl methyl sites for hydroxylation is 1. The maximum atomic E-state index is 4.29. The molecule has 4 nitrogen and oxygen atoms in total. The van der Waals surface area contributed by atoms with Gasteiger partial charge in [-0.15, -0.1) is 0 Å². The summed E-state index contributed by atoms with van der Waals surface area (Å²) in [5.74, 6) is 1.12. The van der Waals surface area contributed by atoms with Crippen LogP contribution in [0.5, 0.6) is 0 Å². The highest BCUT2D eigenvalue weighted by atomic mass is 15.2. The first-order chi connectivity index (χ1) is 9.19. The van der Waals surface area contributed by atoms with Crippen molar-refractivity contribution in [3.63, 3.8) is 0 Å². The highest BCUT2D eigenvalue weighted by Gasteiger charge is 2.29. The van der Waals surface area contributed by atoms with Crippen LogP contribution < -0.4 is 5.32 Å². The summed E-state index contributed by atoms with van der Waals surface area (Å²) in [4.78, 5) is 6.91. The van der Waals surface area contributed by atoms with E-state index in [0.717, 1.165) is 25.5 Å². The van der Waals surface area contributed by atoms with Crippen molar-refractivity contribution >= 4 is 0 Å². The number of hydrogen-bond donors (Lipinski definition) is 1. The molecule has 1 fully saturated rings. The van der Waals surface area contributed by atoms with Gasteiger partial charge in [0.05, 0.1) is 0 Å². The summed E-state index contributed by atoms with van der Waals surface area (Å²) >= 11 is 0. The molecule has 1 aromatic rings. The maximum Gasteiger partial charge on any atom is 0.105 e. The molecule has 0 saturated carbocycles. The molecule has 2 rings (SSSR count). The van der Waals surface area contributed by atoms with Crippen molar-refractivity contribution in [2.45, 2.75) is 52.1 Å². The molecule has 0 unspecified atom stereocenters. The molecule has 0 spiro atoms. The lowest BCUT2D eigenvalue weighted by Gasteiger charge is -2.35. The van der Waals surface area contributed by atoms with Gasteiger partial charge in [0.2, 0.25) is 0 Å². The van der Waals surface area contributed by atoms with Crippen molar-refractivity contribution in [2.75, 3.05) is 26.2 Å². The van der Waals surface area contributed by atoms with E-state index in [1.54, 1.807) is 0 Å². The third-order valence-electron chi connectivity index (χ3n) is 4.61. The first-order valence-corrected chi connectivity index (χ1v) is 7.64. The molecule has 1 saturated heterocycles. The van der Waals surface area contributed by atoms with Gasteiger partial charge in [-0.2, -0.15) is 0 Å². The van der Waals surface area contributed by atoms with E-state index in [4.69, 9.17) is 0 Å². The van der Waals surface area contributed by atoms with Crippen LogP contribution in [0, 0.1) is 6.92 Å². The summed E-state index contributed by atoms with van der Waals surface area (Å²) < 4.78 is 2.25. The molecule has 0 atom stereocenters. The van der Waals surface area contributed by atoms with Gasteiger partial charge in [-0.3, -0.25) is 4.90 Å². The van der Waals surface area contributed by atoms with Crippen LogP contribution in [0.2, 0.25) is 0 Å². The quantitative estimate of drug-likeness (QED) is 0.883. The van der Waals surface area contributed by atoms with Crippen LogP contribution in [0.4, 0.5) is 0 Å². The molecule has 108 valence electrons. The zero-order valence-electron chi connectivity index (χ0n) is 12.7. The van der Waals surface area contributed by atoms with Gasteiger partial charge in [0, 0.05) is 37.6 Å². The molecule has 19 heavy (non-hydrogen) atoms. The minimum absolute atomic E-state index is 0.320. The number of hydrogen-bond acceptors (Lipinski definition) is 3. The third kappa shape index (κ3) is 3.57. The molecule has 1 aromatic heterocycles. The second kappa shape index (κ2) is 6.53. The summed E-state index contributed by atoms with van der Waals surface area (Å²) in [5.41, 5.74) is 0.320. The summed E-state index contributed by atoms with van der Waals surface area (Å²) in [6, 6.07) is 0. The molecule has 1 aliphatic rings. The van der Waals surface area contributed by atoms with Crippen molar-refractivity contribution in [3.8, 4) is 0 Å². The second-order valence-corrected chi connectivity index (χ2v) is 5.71. The smallest absolute Gasteiger partial charge is 0.105 e. The van der Waals surface area contributed by atoms with Gasteiger partial charge in [0.1, 0.15) is 5.82 Å². The fourth-order valence-electron chi connectivity index (χ4n) is 3.02. The molecule has 0 bridgehead atoms. The fraction of sp³-hybridized carbons (Fsp3) is 0.800. The largest absolute Gasteiger partial charge is 0.334 e. The third-order valence-corrected chi connectivity index (χ3v) is 4.61. The number of rotatable bonds is 5. The van der Waals surface area contributed by atoms with Gasteiger partial charge in [0.25, 0.3) is 0 Å². The Kier molecular flexibility index (Phi) is 4.99. The zero-order valence-corrected chi connectivity index (χ0v) is 12.7. The highest BCUT2D eigenvalue weighted by Crippen LogP contribution is 2.19. The Hall–Kier alpha value is -0.870. The topological polar surface area (TPSA) is 33.1 Å². The lowest BCUT2D eigenvalue weighted by Crippen LogP contribution is -2.51.